The molecule has 0 heterocycles. The topological polar surface area (TPSA) is 214 Å². The van der Waals surface area contributed by atoms with Crippen molar-refractivity contribution in [1.29, 1.82) is 0 Å². The van der Waals surface area contributed by atoms with Gasteiger partial charge in [0.05, 0.1) is 12.5 Å². The quantitative estimate of drug-likeness (QED) is 0.146. The third-order valence-electron chi connectivity index (χ3n) is 4.39. The molecular formula is C19H35N5O7. The van der Waals surface area contributed by atoms with Gasteiger partial charge in [-0.25, -0.2) is 4.79 Å². The number of hydrogen-bond donors (Lipinski definition) is 7. The molecule has 31 heavy (non-hydrogen) atoms. The van der Waals surface area contributed by atoms with E-state index in [-0.39, 0.29) is 12.3 Å². The predicted molar refractivity (Wildman–Crippen MR) is 112 cm³/mol. The fourth-order valence-corrected chi connectivity index (χ4v) is 2.70. The summed E-state index contributed by atoms with van der Waals surface area (Å²) in [6, 6.07) is -4.68. The number of hydrogen-bond acceptors (Lipinski definition) is 7. The van der Waals surface area contributed by atoms with Crippen LogP contribution in [0.2, 0.25) is 0 Å². The number of unbranched alkanes of at least 4 members (excludes halogenated alkanes) is 1. The van der Waals surface area contributed by atoms with Crippen LogP contribution in [0.15, 0.2) is 0 Å². The molecule has 0 fully saturated rings. The van der Waals surface area contributed by atoms with Gasteiger partial charge < -0.3 is 37.6 Å². The largest absolute Gasteiger partial charge is 0.481 e. The van der Waals surface area contributed by atoms with Gasteiger partial charge in [0.15, 0.2) is 0 Å². The third kappa shape index (κ3) is 11.9. The van der Waals surface area contributed by atoms with Crippen LogP contribution in [0.4, 0.5) is 0 Å². The summed E-state index contributed by atoms with van der Waals surface area (Å²) >= 11 is 0. The Morgan fingerprint density at radius 3 is 1.90 bits per heavy atom. The van der Waals surface area contributed by atoms with E-state index in [1.807, 2.05) is 13.8 Å². The number of carbonyl (C=O) groups is 5. The molecule has 3 amide bonds. The van der Waals surface area contributed by atoms with E-state index < -0.39 is 60.2 Å². The molecule has 0 radical (unpaired) electrons. The zero-order chi connectivity index (χ0) is 24.1. The monoisotopic (exact) mass is 445 g/mol. The molecule has 0 rings (SSSR count). The summed E-state index contributed by atoms with van der Waals surface area (Å²) in [7, 11) is 0. The molecule has 12 heteroatoms. The van der Waals surface area contributed by atoms with Crippen molar-refractivity contribution in [2.75, 3.05) is 6.54 Å². The van der Waals surface area contributed by atoms with Gasteiger partial charge in [0.1, 0.15) is 18.1 Å². The minimum Gasteiger partial charge on any atom is -0.481 e. The van der Waals surface area contributed by atoms with Gasteiger partial charge in [-0.15, -0.1) is 0 Å². The van der Waals surface area contributed by atoms with Crippen molar-refractivity contribution in [3.05, 3.63) is 0 Å². The second kappa shape index (κ2) is 14.3. The molecule has 0 aliphatic carbocycles. The van der Waals surface area contributed by atoms with Crippen molar-refractivity contribution >= 4 is 29.7 Å². The Labute approximate surface area is 181 Å². The second-order valence-electron chi connectivity index (χ2n) is 7.81. The van der Waals surface area contributed by atoms with E-state index in [1.165, 1.54) is 6.92 Å². The molecule has 12 nitrogen and oxygen atoms in total. The van der Waals surface area contributed by atoms with Crippen molar-refractivity contribution in [2.45, 2.75) is 77.0 Å². The van der Waals surface area contributed by atoms with E-state index >= 15 is 0 Å². The van der Waals surface area contributed by atoms with Crippen LogP contribution >= 0.6 is 0 Å². The van der Waals surface area contributed by atoms with Gasteiger partial charge in [-0.3, -0.25) is 19.2 Å². The lowest BCUT2D eigenvalue weighted by Crippen LogP contribution is -2.56. The molecular weight excluding hydrogens is 410 g/mol. The summed E-state index contributed by atoms with van der Waals surface area (Å²) in [5.74, 6) is -4.78. The second-order valence-corrected chi connectivity index (χ2v) is 7.81. The van der Waals surface area contributed by atoms with Crippen LogP contribution < -0.4 is 27.4 Å². The molecule has 9 N–H and O–H groups in total. The molecule has 0 spiro atoms. The van der Waals surface area contributed by atoms with Gasteiger partial charge in [-0.1, -0.05) is 13.8 Å². The molecule has 0 aliphatic heterocycles. The molecule has 0 aliphatic rings. The Balaban J connectivity index is 5.02. The molecule has 0 saturated heterocycles. The number of carboxylic acids is 2. The van der Waals surface area contributed by atoms with Gasteiger partial charge in [0, 0.05) is 0 Å². The van der Waals surface area contributed by atoms with E-state index in [2.05, 4.69) is 16.0 Å². The summed E-state index contributed by atoms with van der Waals surface area (Å²) in [4.78, 5) is 59.3. The van der Waals surface area contributed by atoms with E-state index in [9.17, 15) is 29.1 Å². The number of nitrogens with one attached hydrogen (secondary N) is 3. The Hall–Kier alpha value is -2.73. The minimum atomic E-state index is -1.45. The number of amides is 3. The first-order valence-corrected chi connectivity index (χ1v) is 10.2. The van der Waals surface area contributed by atoms with Gasteiger partial charge in [-0.2, -0.15) is 0 Å². The van der Waals surface area contributed by atoms with Crippen molar-refractivity contribution in [3.63, 3.8) is 0 Å². The molecule has 178 valence electrons. The number of aliphatic carboxylic acids is 2. The van der Waals surface area contributed by atoms with E-state index in [0.717, 1.165) is 0 Å². The molecule has 4 unspecified atom stereocenters. The molecule has 0 aromatic heterocycles. The summed E-state index contributed by atoms with van der Waals surface area (Å²) < 4.78 is 0. The highest BCUT2D eigenvalue weighted by molar-refractivity contribution is 5.95. The highest BCUT2D eigenvalue weighted by atomic mass is 16.4. The number of carboxylic acid groups (broad SMARTS) is 2. The minimum absolute atomic E-state index is 0.114. The number of nitrogens with two attached hydrogens (primary N) is 2. The summed E-state index contributed by atoms with van der Waals surface area (Å²) in [5, 5.41) is 25.2. The van der Waals surface area contributed by atoms with Gasteiger partial charge in [-0.05, 0) is 45.1 Å². The van der Waals surface area contributed by atoms with Gasteiger partial charge in [0.25, 0.3) is 0 Å². The molecule has 0 aromatic rings. The fourth-order valence-electron chi connectivity index (χ4n) is 2.70. The Morgan fingerprint density at radius 2 is 1.42 bits per heavy atom. The van der Waals surface area contributed by atoms with Crippen LogP contribution in [-0.4, -0.2) is 70.6 Å². The number of carbonyl (C=O) groups excluding carboxylic acids is 3. The Bertz CT molecular complexity index is 641. The van der Waals surface area contributed by atoms with Crippen LogP contribution in [-0.2, 0) is 24.0 Å². The lowest BCUT2D eigenvalue weighted by molar-refractivity contribution is -0.143. The highest BCUT2D eigenvalue weighted by Crippen LogP contribution is 2.05. The normalized spacial score (nSPS) is 14.8. The maximum atomic E-state index is 12.5. The van der Waals surface area contributed by atoms with E-state index in [1.54, 1.807) is 0 Å². The molecule has 0 bridgehead atoms. The average molecular weight is 446 g/mol. The number of rotatable bonds is 15. The van der Waals surface area contributed by atoms with Gasteiger partial charge in [0.2, 0.25) is 17.7 Å². The molecule has 0 aromatic carbocycles. The summed E-state index contributed by atoms with van der Waals surface area (Å²) in [5.41, 5.74) is 11.1. The van der Waals surface area contributed by atoms with Crippen molar-refractivity contribution < 1.29 is 34.2 Å². The SMILES string of the molecule is CC(C)CC(N)C(=O)NC(CC(=O)O)C(=O)NC(C)C(=O)NC(CCCCN)C(=O)O. The standard InChI is InChI=1S/C19H35N5O7/c1-10(2)8-12(21)17(28)24-14(9-15(25)26)18(29)22-11(3)16(27)23-13(19(30)31)6-4-5-7-20/h10-14H,4-9,20-21H2,1-3H3,(H,22,29)(H,23,27)(H,24,28)(H,25,26)(H,30,31). The smallest absolute Gasteiger partial charge is 0.326 e. The van der Waals surface area contributed by atoms with Crippen LogP contribution in [0.5, 0.6) is 0 Å². The van der Waals surface area contributed by atoms with E-state index in [0.29, 0.717) is 25.8 Å². The zero-order valence-electron chi connectivity index (χ0n) is 18.2. The van der Waals surface area contributed by atoms with Crippen LogP contribution in [0, 0.1) is 5.92 Å². The first kappa shape index (κ1) is 28.3. The van der Waals surface area contributed by atoms with Crippen molar-refractivity contribution in [3.8, 4) is 0 Å². The lowest BCUT2D eigenvalue weighted by Gasteiger charge is -2.23. The van der Waals surface area contributed by atoms with Gasteiger partial charge >= 0.3 is 11.9 Å². The third-order valence-corrected chi connectivity index (χ3v) is 4.39. The first-order chi connectivity index (χ1) is 14.4. The maximum absolute atomic E-state index is 12.5. The first-order valence-electron chi connectivity index (χ1n) is 10.2. The van der Waals surface area contributed by atoms with Crippen LogP contribution in [0.25, 0.3) is 0 Å². The van der Waals surface area contributed by atoms with Crippen molar-refractivity contribution in [2.24, 2.45) is 17.4 Å². The van der Waals surface area contributed by atoms with Crippen molar-refractivity contribution in [1.82, 2.24) is 16.0 Å². The highest BCUT2D eigenvalue weighted by Gasteiger charge is 2.29. The zero-order valence-corrected chi connectivity index (χ0v) is 18.2. The lowest BCUT2D eigenvalue weighted by atomic mass is 10.0. The van der Waals surface area contributed by atoms with E-state index in [4.69, 9.17) is 16.6 Å². The predicted octanol–water partition coefficient (Wildman–Crippen LogP) is -1.48. The fraction of sp³-hybridized carbons (Fsp3) is 0.737. The maximum Gasteiger partial charge on any atom is 0.326 e. The molecule has 0 saturated carbocycles. The Kier molecular flexibility index (Phi) is 13.0. The summed E-state index contributed by atoms with van der Waals surface area (Å²) in [6.45, 7) is 5.42. The summed E-state index contributed by atoms with van der Waals surface area (Å²) in [6.07, 6.45) is 0.896. The average Bonchev–Trinajstić information content (AvgIpc) is 2.65. The van der Waals surface area contributed by atoms with Crippen LogP contribution in [0.1, 0.15) is 52.9 Å². The van der Waals surface area contributed by atoms with Crippen LogP contribution in [0.3, 0.4) is 0 Å². The Morgan fingerprint density at radius 1 is 0.839 bits per heavy atom. The molecule has 4 atom stereocenters.